The van der Waals surface area contributed by atoms with E-state index in [4.69, 9.17) is 24.7 Å². The van der Waals surface area contributed by atoms with E-state index in [1.165, 1.54) is 30.3 Å². The van der Waals surface area contributed by atoms with Crippen LogP contribution < -0.4 is 44.8 Å². The lowest BCUT2D eigenvalue weighted by Crippen LogP contribution is -2.48. The molecule has 0 saturated carbocycles. The summed E-state index contributed by atoms with van der Waals surface area (Å²) in [6.07, 6.45) is 0. The normalized spacial score (nSPS) is 11.2. The van der Waals surface area contributed by atoms with E-state index in [1.54, 1.807) is 92.2 Å². The third-order valence-electron chi connectivity index (χ3n) is 8.85. The molecule has 364 valence electrons. The molecule has 68 heavy (non-hydrogen) atoms. The number of carbonyl (C=O) groups excluding carboxylic acids is 2. The van der Waals surface area contributed by atoms with Crippen molar-refractivity contribution in [3.63, 3.8) is 0 Å². The van der Waals surface area contributed by atoms with Crippen molar-refractivity contribution < 1.29 is 45.4 Å². The summed E-state index contributed by atoms with van der Waals surface area (Å²) in [5.41, 5.74) is 8.46. The maximum absolute atomic E-state index is 13.0. The van der Waals surface area contributed by atoms with E-state index >= 15 is 0 Å². The quantitative estimate of drug-likeness (QED) is 0.0727. The number of methoxy groups -OCH3 is 2. The number of hydrogen-bond donors (Lipinski definition) is 5. The number of nitrogens with two attached hydrogens (primary N) is 1. The Bertz CT molecular complexity index is 2700. The number of anilines is 1. The molecule has 0 aromatic heterocycles. The van der Waals surface area contributed by atoms with Crippen molar-refractivity contribution in [3.05, 3.63) is 138 Å². The third kappa shape index (κ3) is 16.2. The highest BCUT2D eigenvalue weighted by molar-refractivity contribution is 9.10. The number of sulfonamides is 2. The molecule has 0 bridgehead atoms. The summed E-state index contributed by atoms with van der Waals surface area (Å²) in [4.78, 5) is 23.9. The highest BCUT2D eigenvalue weighted by atomic mass is 79.9. The molecule has 0 radical (unpaired) electrons. The Balaban J connectivity index is 0.000000350. The Kier molecular flexibility index (Phi) is 19.0. The molecule has 0 heterocycles. The molecule has 0 unspecified atom stereocenters. The number of ether oxygens (including phenoxy) is 4. The van der Waals surface area contributed by atoms with Gasteiger partial charge < -0.3 is 35.3 Å². The molecule has 0 saturated heterocycles. The van der Waals surface area contributed by atoms with Crippen LogP contribution in [0.2, 0.25) is 0 Å². The van der Waals surface area contributed by atoms with Crippen molar-refractivity contribution in [2.75, 3.05) is 20.0 Å². The second-order valence-electron chi connectivity index (χ2n) is 16.6. The van der Waals surface area contributed by atoms with E-state index in [2.05, 4.69) is 26.6 Å². The fourth-order valence-electron chi connectivity index (χ4n) is 5.98. The fraction of sp³-hybridized carbons (Fsp3) is 0.240. The predicted molar refractivity (Wildman–Crippen MR) is 273 cm³/mol. The Morgan fingerprint density at radius 2 is 0.882 bits per heavy atom. The number of urea groups is 2. The minimum Gasteiger partial charge on any atom is -0.497 e. The molecule has 0 aliphatic rings. The number of nitrogen functional groups attached to an aromatic ring is 1. The lowest BCUT2D eigenvalue weighted by molar-refractivity contribution is 0.236. The van der Waals surface area contributed by atoms with Crippen LogP contribution >= 0.6 is 15.9 Å². The summed E-state index contributed by atoms with van der Waals surface area (Å²) in [7, 11) is -5.26. The SMILES string of the molecule is C.C.COc1ccc(-c2cccc(Oc3ccc(Br)cc3S(=O)(=O)NC(=O)NC(C)(C)C)c2)cc1.COc1ccc(-c2cccc(Oc3ccc(N)cc3S(=O)(=O)NC(=O)NC(C)(C)C)c2)cc1. The van der Waals surface area contributed by atoms with Crippen LogP contribution in [0.3, 0.4) is 0 Å². The topological polar surface area (TPSA) is 213 Å². The minimum atomic E-state index is -4.26. The molecule has 6 rings (SSSR count). The number of hydrogen-bond acceptors (Lipinski definition) is 11. The molecule has 0 aliphatic carbocycles. The monoisotopic (exact) mass is 1030 g/mol. The molecular formula is C50H60BrN5O10S2. The number of halogens is 1. The molecule has 0 aliphatic heterocycles. The lowest BCUT2D eigenvalue weighted by Gasteiger charge is -2.21. The fourth-order valence-corrected chi connectivity index (χ4v) is 8.63. The minimum absolute atomic E-state index is 0. The first kappa shape index (κ1) is 55.6. The summed E-state index contributed by atoms with van der Waals surface area (Å²) in [6.45, 7) is 10.5. The molecule has 6 aromatic carbocycles. The highest BCUT2D eigenvalue weighted by Gasteiger charge is 2.27. The first-order chi connectivity index (χ1) is 30.9. The van der Waals surface area contributed by atoms with Gasteiger partial charge in [-0.2, -0.15) is 0 Å². The van der Waals surface area contributed by atoms with Gasteiger partial charge in [0.05, 0.1) is 14.2 Å². The van der Waals surface area contributed by atoms with Gasteiger partial charge in [-0.25, -0.2) is 35.9 Å². The van der Waals surface area contributed by atoms with Crippen LogP contribution in [0.15, 0.2) is 148 Å². The first-order valence-electron chi connectivity index (χ1n) is 20.2. The maximum Gasteiger partial charge on any atom is 0.329 e. The Morgan fingerprint density at radius 3 is 1.26 bits per heavy atom. The van der Waals surface area contributed by atoms with Gasteiger partial charge in [0.25, 0.3) is 20.0 Å². The predicted octanol–water partition coefficient (Wildman–Crippen LogP) is 11.5. The maximum atomic E-state index is 13.0. The van der Waals surface area contributed by atoms with Crippen LogP contribution in [0.4, 0.5) is 15.3 Å². The Hall–Kier alpha value is -6.76. The summed E-state index contributed by atoms with van der Waals surface area (Å²) in [5.74, 6) is 2.47. The van der Waals surface area contributed by atoms with Crippen molar-refractivity contribution >= 4 is 53.7 Å². The largest absolute Gasteiger partial charge is 0.497 e. The van der Waals surface area contributed by atoms with Crippen molar-refractivity contribution in [1.29, 1.82) is 0 Å². The van der Waals surface area contributed by atoms with Crippen molar-refractivity contribution in [3.8, 4) is 56.8 Å². The van der Waals surface area contributed by atoms with Gasteiger partial charge in [-0.1, -0.05) is 79.3 Å². The molecular weight excluding hydrogens is 975 g/mol. The number of amides is 4. The van der Waals surface area contributed by atoms with Crippen molar-refractivity contribution in [2.45, 2.75) is 77.3 Å². The number of nitrogens with one attached hydrogen (secondary N) is 4. The third-order valence-corrected chi connectivity index (χ3v) is 12.1. The van der Waals surface area contributed by atoms with E-state index < -0.39 is 43.2 Å². The van der Waals surface area contributed by atoms with Gasteiger partial charge >= 0.3 is 12.1 Å². The van der Waals surface area contributed by atoms with Gasteiger partial charge in [0.1, 0.15) is 44.3 Å². The van der Waals surface area contributed by atoms with E-state index in [1.807, 2.05) is 76.2 Å². The van der Waals surface area contributed by atoms with E-state index in [-0.39, 0.29) is 41.8 Å². The van der Waals surface area contributed by atoms with Crippen molar-refractivity contribution in [1.82, 2.24) is 20.1 Å². The molecule has 6 aromatic rings. The van der Waals surface area contributed by atoms with E-state index in [0.29, 0.717) is 16.0 Å². The molecule has 18 heteroatoms. The molecule has 6 N–H and O–H groups in total. The summed E-state index contributed by atoms with van der Waals surface area (Å²) < 4.78 is 78.6. The number of carbonyl (C=O) groups is 2. The van der Waals surface area contributed by atoms with Crippen LogP contribution in [0.5, 0.6) is 34.5 Å². The van der Waals surface area contributed by atoms with Gasteiger partial charge in [-0.3, -0.25) is 0 Å². The van der Waals surface area contributed by atoms with Gasteiger partial charge in [0.2, 0.25) is 0 Å². The van der Waals surface area contributed by atoms with Gasteiger partial charge in [0, 0.05) is 21.2 Å². The average molecular weight is 1040 g/mol. The van der Waals surface area contributed by atoms with Crippen molar-refractivity contribution in [2.24, 2.45) is 0 Å². The zero-order chi connectivity index (χ0) is 48.5. The molecule has 0 spiro atoms. The summed E-state index contributed by atoms with van der Waals surface area (Å²) >= 11 is 3.28. The standard InChI is InChI=1S/C24H25BrN2O5S.C24H27N3O5S.2CH4/c2*1-24(2,3)26-23(28)27-33(29,30)22-15-18(25)10-13-21(22)32-20-7-5-6-17(14-20)16-8-11-19(31-4)12-9-16;;/h5-15H,1-4H3,(H2,26,27,28);5-15H,25H2,1-4H3,(H2,26,27,28);2*1H4. The lowest BCUT2D eigenvalue weighted by atomic mass is 10.1. The zero-order valence-corrected chi connectivity index (χ0v) is 40.8. The molecule has 4 amide bonds. The number of rotatable bonds is 12. The van der Waals surface area contributed by atoms with Gasteiger partial charge in [-0.15, -0.1) is 0 Å². The molecule has 15 nitrogen and oxygen atoms in total. The summed E-state index contributed by atoms with van der Waals surface area (Å²) in [6, 6.07) is 36.7. The first-order valence-corrected chi connectivity index (χ1v) is 23.9. The highest BCUT2D eigenvalue weighted by Crippen LogP contribution is 2.35. The van der Waals surface area contributed by atoms with Crippen LogP contribution in [0.1, 0.15) is 56.4 Å². The van der Waals surface area contributed by atoms with E-state index in [0.717, 1.165) is 33.8 Å². The molecule has 0 fully saturated rings. The van der Waals surface area contributed by atoms with Crippen LogP contribution in [0, 0.1) is 0 Å². The zero-order valence-electron chi connectivity index (χ0n) is 37.6. The second-order valence-corrected chi connectivity index (χ2v) is 20.9. The Morgan fingerprint density at radius 1 is 0.500 bits per heavy atom. The van der Waals surface area contributed by atoms with E-state index in [9.17, 15) is 26.4 Å². The second kappa shape index (κ2) is 23.3. The van der Waals surface area contributed by atoms with Crippen LogP contribution in [-0.4, -0.2) is 54.2 Å². The average Bonchev–Trinajstić information content (AvgIpc) is 3.23. The molecule has 0 atom stereocenters. The number of benzene rings is 6. The summed E-state index contributed by atoms with van der Waals surface area (Å²) in [5, 5.41) is 5.12. The van der Waals surface area contributed by atoms with Gasteiger partial charge in [-0.05, 0) is 149 Å². The van der Waals surface area contributed by atoms with Crippen LogP contribution in [-0.2, 0) is 20.0 Å². The van der Waals surface area contributed by atoms with Gasteiger partial charge in [0.15, 0.2) is 0 Å². The van der Waals surface area contributed by atoms with Crippen LogP contribution in [0.25, 0.3) is 22.3 Å². The Labute approximate surface area is 409 Å². The smallest absolute Gasteiger partial charge is 0.329 e.